The van der Waals surface area contributed by atoms with Gasteiger partial charge >= 0.3 is 6.03 Å². The second-order valence-electron chi connectivity index (χ2n) is 6.50. The monoisotopic (exact) mass is 468 g/mol. The van der Waals surface area contributed by atoms with Crippen molar-refractivity contribution in [2.24, 2.45) is 0 Å². The maximum atomic E-state index is 12.4. The predicted octanol–water partition coefficient (Wildman–Crippen LogP) is 5.54. The first kappa shape index (κ1) is 22.3. The lowest BCUT2D eigenvalue weighted by Gasteiger charge is -2.14. The number of hydrogen-bond donors (Lipinski definition) is 1. The minimum absolute atomic E-state index is 0.160. The summed E-state index contributed by atoms with van der Waals surface area (Å²) in [5.41, 5.74) is 1.49. The summed E-state index contributed by atoms with van der Waals surface area (Å²) in [5.74, 6) is 0.331. The van der Waals surface area contributed by atoms with Gasteiger partial charge in [-0.05, 0) is 42.3 Å². The van der Waals surface area contributed by atoms with Gasteiger partial charge in [0.1, 0.15) is 12.3 Å². The van der Waals surface area contributed by atoms with E-state index < -0.39 is 6.03 Å². The van der Waals surface area contributed by atoms with Crippen molar-refractivity contribution < 1.29 is 19.1 Å². The molecule has 2 aromatic rings. The first-order valence-electron chi connectivity index (χ1n) is 9.12. The molecule has 30 heavy (non-hydrogen) atoms. The molecule has 1 aliphatic heterocycles. The molecule has 1 aliphatic rings. The van der Waals surface area contributed by atoms with Gasteiger partial charge in [-0.25, -0.2) is 4.79 Å². The van der Waals surface area contributed by atoms with Gasteiger partial charge in [-0.15, -0.1) is 0 Å². The lowest BCUT2D eigenvalue weighted by atomic mass is 10.1. The molecule has 3 rings (SSSR count). The number of nitrogens with zero attached hydrogens (tertiary/aromatic N) is 1. The van der Waals surface area contributed by atoms with Crippen LogP contribution in [0, 0.1) is 0 Å². The lowest BCUT2D eigenvalue weighted by molar-refractivity contribution is -0.122. The third-order valence-electron chi connectivity index (χ3n) is 4.36. The van der Waals surface area contributed by atoms with Crippen LogP contribution in [0.4, 0.5) is 4.79 Å². The number of halogens is 3. The number of nitrogens with one attached hydrogen (secondary N) is 1. The van der Waals surface area contributed by atoms with Gasteiger partial charge in [-0.1, -0.05) is 47.8 Å². The first-order valence-corrected chi connectivity index (χ1v) is 10.3. The number of benzene rings is 2. The van der Waals surface area contributed by atoms with E-state index in [2.05, 4.69) is 5.32 Å². The second-order valence-corrected chi connectivity index (χ2v) is 7.75. The maximum absolute atomic E-state index is 12.4. The summed E-state index contributed by atoms with van der Waals surface area (Å²) >= 11 is 18.5. The summed E-state index contributed by atoms with van der Waals surface area (Å²) in [6.45, 7) is 2.40. The minimum atomic E-state index is -0.439. The molecule has 6 nitrogen and oxygen atoms in total. The first-order chi connectivity index (χ1) is 14.3. The van der Waals surface area contributed by atoms with Crippen LogP contribution in [0.3, 0.4) is 0 Å². The summed E-state index contributed by atoms with van der Waals surface area (Å²) in [5, 5.41) is 3.87. The SMILES string of the molecule is CCCN1C(=O)N/C(=C/c2cc(Cl)c(OCc3ccc(Cl)cc3Cl)c(OC)c2)C1=O. The van der Waals surface area contributed by atoms with E-state index >= 15 is 0 Å². The van der Waals surface area contributed by atoms with Crippen LogP contribution >= 0.6 is 34.8 Å². The Balaban J connectivity index is 1.84. The lowest BCUT2D eigenvalue weighted by Crippen LogP contribution is -2.31. The van der Waals surface area contributed by atoms with Crippen LogP contribution in [-0.4, -0.2) is 30.5 Å². The highest BCUT2D eigenvalue weighted by Gasteiger charge is 2.32. The van der Waals surface area contributed by atoms with Crippen LogP contribution in [0.25, 0.3) is 6.08 Å². The van der Waals surface area contributed by atoms with E-state index in [4.69, 9.17) is 44.3 Å². The molecule has 1 heterocycles. The van der Waals surface area contributed by atoms with Crippen molar-refractivity contribution in [3.05, 3.63) is 62.2 Å². The fourth-order valence-electron chi connectivity index (χ4n) is 2.92. The zero-order chi connectivity index (χ0) is 21.8. The molecule has 1 N–H and O–H groups in total. The Bertz CT molecular complexity index is 1020. The number of carbonyl (C=O) groups is 2. The highest BCUT2D eigenvalue weighted by atomic mass is 35.5. The van der Waals surface area contributed by atoms with Crippen molar-refractivity contribution in [3.63, 3.8) is 0 Å². The standard InChI is InChI=1S/C21H19Cl3N2O4/c1-3-6-26-20(27)17(25-21(26)28)8-12-7-16(24)19(18(9-12)29-2)30-11-13-4-5-14(22)10-15(13)23/h4-5,7-10H,3,6,11H2,1-2H3,(H,25,28)/b17-8+. The molecule has 0 atom stereocenters. The van der Waals surface area contributed by atoms with Gasteiger partial charge in [0.05, 0.1) is 12.1 Å². The summed E-state index contributed by atoms with van der Waals surface area (Å²) in [6.07, 6.45) is 2.22. The number of rotatable bonds is 7. The normalized spacial score (nSPS) is 15.0. The number of imide groups is 1. The number of amides is 3. The van der Waals surface area contributed by atoms with E-state index in [1.54, 1.807) is 36.4 Å². The van der Waals surface area contributed by atoms with E-state index in [9.17, 15) is 9.59 Å². The average Bonchev–Trinajstić information content (AvgIpc) is 2.95. The zero-order valence-electron chi connectivity index (χ0n) is 16.3. The summed E-state index contributed by atoms with van der Waals surface area (Å²) in [7, 11) is 1.48. The van der Waals surface area contributed by atoms with Gasteiger partial charge < -0.3 is 14.8 Å². The Morgan fingerprint density at radius 2 is 1.87 bits per heavy atom. The van der Waals surface area contributed by atoms with Crippen LogP contribution < -0.4 is 14.8 Å². The van der Waals surface area contributed by atoms with E-state index in [1.165, 1.54) is 7.11 Å². The summed E-state index contributed by atoms with van der Waals surface area (Å²) in [6, 6.07) is 7.96. The number of urea groups is 1. The molecule has 0 aliphatic carbocycles. The average molecular weight is 470 g/mol. The fourth-order valence-corrected chi connectivity index (χ4v) is 3.65. The van der Waals surface area contributed by atoms with E-state index in [-0.39, 0.29) is 23.2 Å². The van der Waals surface area contributed by atoms with Crippen molar-refractivity contribution in [2.45, 2.75) is 20.0 Å². The summed E-state index contributed by atoms with van der Waals surface area (Å²) in [4.78, 5) is 25.5. The van der Waals surface area contributed by atoms with Crippen molar-refractivity contribution >= 4 is 52.8 Å². The molecule has 3 amide bonds. The van der Waals surface area contributed by atoms with Crippen molar-refractivity contribution in [1.82, 2.24) is 10.2 Å². The maximum Gasteiger partial charge on any atom is 0.329 e. The fraction of sp³-hybridized carbons (Fsp3) is 0.238. The third kappa shape index (κ3) is 4.83. The molecular formula is C21H19Cl3N2O4. The number of hydrogen-bond acceptors (Lipinski definition) is 4. The summed E-state index contributed by atoms with van der Waals surface area (Å²) < 4.78 is 11.2. The minimum Gasteiger partial charge on any atom is -0.493 e. The van der Waals surface area contributed by atoms with Crippen LogP contribution in [0.2, 0.25) is 15.1 Å². The predicted molar refractivity (Wildman–Crippen MR) is 117 cm³/mol. The number of carbonyl (C=O) groups excluding carboxylic acids is 2. The van der Waals surface area contributed by atoms with Crippen molar-refractivity contribution in [2.75, 3.05) is 13.7 Å². The van der Waals surface area contributed by atoms with E-state index in [1.807, 2.05) is 6.92 Å². The Morgan fingerprint density at radius 3 is 2.53 bits per heavy atom. The smallest absolute Gasteiger partial charge is 0.329 e. The van der Waals surface area contributed by atoms with Crippen molar-refractivity contribution in [3.8, 4) is 11.5 Å². The van der Waals surface area contributed by atoms with Gasteiger partial charge in [-0.3, -0.25) is 9.69 Å². The molecule has 1 saturated heterocycles. The van der Waals surface area contributed by atoms with E-state index in [0.29, 0.717) is 40.1 Å². The quantitative estimate of drug-likeness (QED) is 0.427. The molecule has 0 saturated carbocycles. The number of ether oxygens (including phenoxy) is 2. The number of methoxy groups -OCH3 is 1. The molecule has 0 unspecified atom stereocenters. The zero-order valence-corrected chi connectivity index (χ0v) is 18.6. The molecule has 1 fully saturated rings. The molecule has 2 aromatic carbocycles. The van der Waals surface area contributed by atoms with Gasteiger partial charge in [0, 0.05) is 22.2 Å². The molecular weight excluding hydrogens is 451 g/mol. The van der Waals surface area contributed by atoms with Gasteiger partial charge in [0.15, 0.2) is 11.5 Å². The van der Waals surface area contributed by atoms with Gasteiger partial charge in [0.2, 0.25) is 0 Å². The van der Waals surface area contributed by atoms with E-state index in [0.717, 1.165) is 10.5 Å². The van der Waals surface area contributed by atoms with Crippen LogP contribution in [0.1, 0.15) is 24.5 Å². The largest absolute Gasteiger partial charge is 0.493 e. The molecule has 158 valence electrons. The van der Waals surface area contributed by atoms with Crippen molar-refractivity contribution in [1.29, 1.82) is 0 Å². The Hall–Kier alpha value is -2.41. The Labute approximate surface area is 189 Å². The van der Waals surface area contributed by atoms with Gasteiger partial charge in [0.25, 0.3) is 5.91 Å². The van der Waals surface area contributed by atoms with Crippen LogP contribution in [0.15, 0.2) is 36.0 Å². The molecule has 0 bridgehead atoms. The molecule has 9 heteroatoms. The van der Waals surface area contributed by atoms with Crippen LogP contribution in [-0.2, 0) is 11.4 Å². The Morgan fingerprint density at radius 1 is 1.10 bits per heavy atom. The molecule has 0 radical (unpaired) electrons. The highest BCUT2D eigenvalue weighted by molar-refractivity contribution is 6.35. The molecule has 0 aromatic heterocycles. The van der Waals surface area contributed by atoms with Crippen LogP contribution in [0.5, 0.6) is 11.5 Å². The molecule has 0 spiro atoms. The van der Waals surface area contributed by atoms with Gasteiger partial charge in [-0.2, -0.15) is 0 Å². The third-order valence-corrected chi connectivity index (χ3v) is 5.23. The highest BCUT2D eigenvalue weighted by Crippen LogP contribution is 2.38. The Kier molecular flexibility index (Phi) is 7.13. The topological polar surface area (TPSA) is 67.9 Å². The second kappa shape index (κ2) is 9.60.